The van der Waals surface area contributed by atoms with Crippen LogP contribution in [-0.2, 0) is 20.9 Å². The SMILES string of the molecule is CC(C)N(Cc1cnc2ccccc2c1)C(=O)C1=CC(=O)CC(C)(C)O1. The van der Waals surface area contributed by atoms with E-state index >= 15 is 0 Å². The molecule has 2 aromatic rings. The van der Waals surface area contributed by atoms with Gasteiger partial charge in [0.1, 0.15) is 5.60 Å². The molecule has 1 aliphatic rings. The van der Waals surface area contributed by atoms with Gasteiger partial charge in [-0.2, -0.15) is 0 Å². The van der Waals surface area contributed by atoms with Crippen molar-refractivity contribution in [2.75, 3.05) is 0 Å². The number of nitrogens with zero attached hydrogens (tertiary/aromatic N) is 2. The van der Waals surface area contributed by atoms with E-state index in [9.17, 15) is 9.59 Å². The summed E-state index contributed by atoms with van der Waals surface area (Å²) >= 11 is 0. The van der Waals surface area contributed by atoms with E-state index in [2.05, 4.69) is 4.98 Å². The Morgan fingerprint density at radius 1 is 1.31 bits per heavy atom. The van der Waals surface area contributed by atoms with Gasteiger partial charge in [-0.15, -0.1) is 0 Å². The summed E-state index contributed by atoms with van der Waals surface area (Å²) in [6, 6.07) is 9.87. The number of ketones is 1. The predicted octanol–water partition coefficient (Wildman–Crippen LogP) is 3.62. The minimum atomic E-state index is -0.663. The minimum absolute atomic E-state index is 0.0430. The molecule has 2 heterocycles. The van der Waals surface area contributed by atoms with E-state index < -0.39 is 5.60 Å². The fourth-order valence-corrected chi connectivity index (χ4v) is 3.12. The van der Waals surface area contributed by atoms with Gasteiger partial charge in [0.15, 0.2) is 11.5 Å². The van der Waals surface area contributed by atoms with Crippen LogP contribution in [0, 0.1) is 0 Å². The molecule has 0 fully saturated rings. The number of hydrogen-bond acceptors (Lipinski definition) is 4. The molecule has 0 atom stereocenters. The van der Waals surface area contributed by atoms with Crippen molar-refractivity contribution in [3.8, 4) is 0 Å². The van der Waals surface area contributed by atoms with Crippen LogP contribution >= 0.6 is 0 Å². The van der Waals surface area contributed by atoms with Gasteiger partial charge in [-0.05, 0) is 45.4 Å². The highest BCUT2D eigenvalue weighted by molar-refractivity contribution is 6.01. The van der Waals surface area contributed by atoms with Gasteiger partial charge in [0.25, 0.3) is 5.91 Å². The molecule has 1 aromatic carbocycles. The number of benzene rings is 1. The summed E-state index contributed by atoms with van der Waals surface area (Å²) in [6.45, 7) is 7.94. The molecule has 0 N–H and O–H groups in total. The van der Waals surface area contributed by atoms with Crippen molar-refractivity contribution in [3.63, 3.8) is 0 Å². The van der Waals surface area contributed by atoms with Crippen LogP contribution in [0.4, 0.5) is 0 Å². The first-order valence-corrected chi connectivity index (χ1v) is 8.83. The van der Waals surface area contributed by atoms with Crippen molar-refractivity contribution < 1.29 is 14.3 Å². The molecule has 0 radical (unpaired) electrons. The van der Waals surface area contributed by atoms with Gasteiger partial charge in [-0.3, -0.25) is 14.6 Å². The van der Waals surface area contributed by atoms with Crippen molar-refractivity contribution in [3.05, 3.63) is 53.9 Å². The number of pyridine rings is 1. The molecular formula is C21H24N2O3. The third kappa shape index (κ3) is 3.93. The largest absolute Gasteiger partial charge is 0.481 e. The Bertz CT molecular complexity index is 884. The van der Waals surface area contributed by atoms with Crippen LogP contribution in [0.15, 0.2) is 48.4 Å². The summed E-state index contributed by atoms with van der Waals surface area (Å²) in [4.78, 5) is 31.1. The van der Waals surface area contributed by atoms with Crippen LogP contribution in [0.2, 0.25) is 0 Å². The maximum Gasteiger partial charge on any atom is 0.289 e. The van der Waals surface area contributed by atoms with Gasteiger partial charge in [0.2, 0.25) is 0 Å². The molecule has 26 heavy (non-hydrogen) atoms. The highest BCUT2D eigenvalue weighted by Crippen LogP contribution is 2.27. The average molecular weight is 352 g/mol. The summed E-state index contributed by atoms with van der Waals surface area (Å²) in [6.07, 6.45) is 3.39. The van der Waals surface area contributed by atoms with Gasteiger partial charge in [0.05, 0.1) is 5.52 Å². The summed E-state index contributed by atoms with van der Waals surface area (Å²) < 4.78 is 5.78. The number of allylic oxidation sites excluding steroid dienone is 1. The maximum absolute atomic E-state index is 13.0. The number of fused-ring (bicyclic) bond motifs is 1. The van der Waals surface area contributed by atoms with E-state index in [0.717, 1.165) is 16.5 Å². The van der Waals surface area contributed by atoms with Crippen LogP contribution in [0.25, 0.3) is 10.9 Å². The van der Waals surface area contributed by atoms with Gasteiger partial charge in [-0.1, -0.05) is 18.2 Å². The Labute approximate surface area is 153 Å². The first kappa shape index (κ1) is 18.1. The summed E-state index contributed by atoms with van der Waals surface area (Å²) in [5.41, 5.74) is 1.20. The van der Waals surface area contributed by atoms with E-state index in [1.807, 2.05) is 58.0 Å². The Kier molecular flexibility index (Phi) is 4.81. The number of aromatic nitrogens is 1. The monoisotopic (exact) mass is 352 g/mol. The second-order valence-electron chi connectivity index (χ2n) is 7.58. The standard InChI is InChI=1S/C21H24N2O3/c1-14(2)23(20(25)19-10-17(24)11-21(3,4)26-19)13-15-9-16-7-5-6-8-18(16)22-12-15/h5-10,12,14H,11,13H2,1-4H3. The van der Waals surface area contributed by atoms with Crippen LogP contribution in [-0.4, -0.2) is 33.2 Å². The number of hydrogen-bond donors (Lipinski definition) is 0. The molecule has 5 heteroatoms. The quantitative estimate of drug-likeness (QED) is 0.843. The molecule has 3 rings (SSSR count). The number of rotatable bonds is 4. The molecule has 0 spiro atoms. The molecule has 1 aromatic heterocycles. The number of amides is 1. The summed E-state index contributed by atoms with van der Waals surface area (Å²) in [5.74, 6) is -0.233. The smallest absolute Gasteiger partial charge is 0.289 e. The van der Waals surface area contributed by atoms with E-state index in [4.69, 9.17) is 4.74 Å². The Morgan fingerprint density at radius 2 is 2.04 bits per heavy atom. The third-order valence-corrected chi connectivity index (χ3v) is 4.37. The number of carbonyl (C=O) groups excluding carboxylic acids is 2. The second-order valence-corrected chi connectivity index (χ2v) is 7.58. The fraction of sp³-hybridized carbons (Fsp3) is 0.381. The molecule has 0 aliphatic carbocycles. The van der Waals surface area contributed by atoms with E-state index in [1.54, 1.807) is 11.1 Å². The van der Waals surface area contributed by atoms with E-state index in [0.29, 0.717) is 6.54 Å². The first-order chi connectivity index (χ1) is 12.2. The van der Waals surface area contributed by atoms with Crippen LogP contribution in [0.3, 0.4) is 0 Å². The van der Waals surface area contributed by atoms with Crippen molar-refractivity contribution in [1.82, 2.24) is 9.88 Å². The predicted molar refractivity (Wildman–Crippen MR) is 100 cm³/mol. The highest BCUT2D eigenvalue weighted by atomic mass is 16.5. The van der Waals surface area contributed by atoms with Crippen LogP contribution in [0.5, 0.6) is 0 Å². The Morgan fingerprint density at radius 3 is 2.73 bits per heavy atom. The molecule has 1 amide bonds. The minimum Gasteiger partial charge on any atom is -0.481 e. The molecule has 0 unspecified atom stereocenters. The Hall–Kier alpha value is -2.69. The molecule has 0 saturated heterocycles. The maximum atomic E-state index is 13.0. The molecule has 0 bridgehead atoms. The van der Waals surface area contributed by atoms with E-state index in [1.165, 1.54) is 6.08 Å². The normalized spacial score (nSPS) is 16.3. The zero-order valence-corrected chi connectivity index (χ0v) is 15.7. The highest BCUT2D eigenvalue weighted by Gasteiger charge is 2.34. The Balaban J connectivity index is 1.86. The molecule has 0 saturated carbocycles. The lowest BCUT2D eigenvalue weighted by Gasteiger charge is -2.34. The van der Waals surface area contributed by atoms with E-state index in [-0.39, 0.29) is 29.9 Å². The lowest BCUT2D eigenvalue weighted by atomic mass is 9.98. The van der Waals surface area contributed by atoms with Crippen molar-refractivity contribution in [2.45, 2.75) is 52.3 Å². The van der Waals surface area contributed by atoms with Crippen LogP contribution < -0.4 is 0 Å². The summed E-state index contributed by atoms with van der Waals surface area (Å²) in [5, 5.41) is 1.03. The van der Waals surface area contributed by atoms with Gasteiger partial charge in [-0.25, -0.2) is 0 Å². The van der Waals surface area contributed by atoms with Crippen molar-refractivity contribution in [1.29, 1.82) is 0 Å². The van der Waals surface area contributed by atoms with Crippen molar-refractivity contribution >= 4 is 22.6 Å². The zero-order chi connectivity index (χ0) is 18.9. The van der Waals surface area contributed by atoms with Gasteiger partial charge < -0.3 is 9.64 Å². The topological polar surface area (TPSA) is 59.5 Å². The lowest BCUT2D eigenvalue weighted by molar-refractivity contribution is -0.140. The number of ether oxygens (including phenoxy) is 1. The van der Waals surface area contributed by atoms with Gasteiger partial charge >= 0.3 is 0 Å². The van der Waals surface area contributed by atoms with Crippen LogP contribution in [0.1, 0.15) is 39.7 Å². The second kappa shape index (κ2) is 6.90. The zero-order valence-electron chi connectivity index (χ0n) is 15.7. The first-order valence-electron chi connectivity index (χ1n) is 8.83. The number of para-hydroxylation sites is 1. The third-order valence-electron chi connectivity index (χ3n) is 4.37. The molecule has 1 aliphatic heterocycles. The lowest BCUT2D eigenvalue weighted by Crippen LogP contribution is -2.42. The van der Waals surface area contributed by atoms with Crippen molar-refractivity contribution in [2.24, 2.45) is 0 Å². The molecule has 136 valence electrons. The summed E-state index contributed by atoms with van der Waals surface area (Å²) in [7, 11) is 0. The number of carbonyl (C=O) groups is 2. The fourth-order valence-electron chi connectivity index (χ4n) is 3.12. The molecule has 5 nitrogen and oxygen atoms in total. The molecular weight excluding hydrogens is 328 g/mol. The average Bonchev–Trinajstić information content (AvgIpc) is 2.57. The van der Waals surface area contributed by atoms with Gasteiger partial charge in [0, 0.05) is 36.7 Å².